The van der Waals surface area contributed by atoms with Gasteiger partial charge in [0.15, 0.2) is 0 Å². The molecule has 2 nitrogen and oxygen atoms in total. The SMILES string of the molecule is CCCCCCCCCCCCCC[NH2+]CCC.[OH-]. The molecule has 0 unspecified atom stereocenters. The maximum atomic E-state index is 2.47. The lowest BCUT2D eigenvalue weighted by Crippen LogP contribution is -2.84. The second-order valence-corrected chi connectivity index (χ2v) is 5.76. The lowest BCUT2D eigenvalue weighted by Gasteiger charge is -2.02. The van der Waals surface area contributed by atoms with E-state index in [0.29, 0.717) is 0 Å². The zero-order chi connectivity index (χ0) is 13.3. The monoisotopic (exact) mass is 273 g/mol. The second-order valence-electron chi connectivity index (χ2n) is 5.76. The van der Waals surface area contributed by atoms with Crippen molar-refractivity contribution in [3.05, 3.63) is 0 Å². The summed E-state index contributed by atoms with van der Waals surface area (Å²) in [5, 5.41) is 2.47. The van der Waals surface area contributed by atoms with Crippen LogP contribution >= 0.6 is 0 Å². The highest BCUT2D eigenvalue weighted by Crippen LogP contribution is 2.11. The quantitative estimate of drug-likeness (QED) is 0.439. The molecule has 0 amide bonds. The first kappa shape index (κ1) is 21.2. The molecule has 2 heteroatoms. The molecule has 0 aliphatic heterocycles. The van der Waals surface area contributed by atoms with Crippen molar-refractivity contribution in [1.29, 1.82) is 0 Å². The molecule has 0 radical (unpaired) electrons. The molecule has 0 heterocycles. The van der Waals surface area contributed by atoms with Crippen LogP contribution in [0.2, 0.25) is 0 Å². The van der Waals surface area contributed by atoms with E-state index in [1.165, 1.54) is 96.6 Å². The average Bonchev–Trinajstić information content (AvgIpc) is 2.39. The molecule has 0 aliphatic rings. The van der Waals surface area contributed by atoms with Gasteiger partial charge in [0, 0.05) is 0 Å². The molecule has 0 bridgehead atoms. The van der Waals surface area contributed by atoms with Crippen LogP contribution in [0.25, 0.3) is 0 Å². The van der Waals surface area contributed by atoms with E-state index < -0.39 is 0 Å². The van der Waals surface area contributed by atoms with Crippen LogP contribution in [0.3, 0.4) is 0 Å². The van der Waals surface area contributed by atoms with E-state index in [1.807, 2.05) is 0 Å². The highest BCUT2D eigenvalue weighted by atomic mass is 16.0. The van der Waals surface area contributed by atoms with Crippen LogP contribution in [-0.2, 0) is 0 Å². The lowest BCUT2D eigenvalue weighted by molar-refractivity contribution is -0.655. The summed E-state index contributed by atoms with van der Waals surface area (Å²) >= 11 is 0. The van der Waals surface area contributed by atoms with Gasteiger partial charge in [0.25, 0.3) is 0 Å². The highest BCUT2D eigenvalue weighted by molar-refractivity contribution is 4.48. The van der Waals surface area contributed by atoms with Gasteiger partial charge in [-0.2, -0.15) is 0 Å². The lowest BCUT2D eigenvalue weighted by atomic mass is 10.1. The molecule has 0 saturated heterocycles. The first-order valence-corrected chi connectivity index (χ1v) is 8.73. The minimum atomic E-state index is 0. The topological polar surface area (TPSA) is 46.6 Å². The molecule has 0 fully saturated rings. The number of hydrogen-bond donors (Lipinski definition) is 1. The maximum Gasteiger partial charge on any atom is 0.0755 e. The Balaban J connectivity index is 0. The molecular weight excluding hydrogens is 234 g/mol. The van der Waals surface area contributed by atoms with Crippen molar-refractivity contribution < 1.29 is 10.8 Å². The number of unbranched alkanes of at least 4 members (excludes halogenated alkanes) is 11. The summed E-state index contributed by atoms with van der Waals surface area (Å²) in [6, 6.07) is 0. The van der Waals surface area contributed by atoms with Crippen LogP contribution in [0.15, 0.2) is 0 Å². The Morgan fingerprint density at radius 1 is 0.474 bits per heavy atom. The van der Waals surface area contributed by atoms with Crippen LogP contribution in [0.4, 0.5) is 0 Å². The molecule has 3 N–H and O–H groups in total. The first-order valence-electron chi connectivity index (χ1n) is 8.73. The van der Waals surface area contributed by atoms with E-state index in [0.717, 1.165) is 0 Å². The highest BCUT2D eigenvalue weighted by Gasteiger charge is 1.94. The largest absolute Gasteiger partial charge is 0.870 e. The maximum absolute atomic E-state index is 2.47. The van der Waals surface area contributed by atoms with E-state index in [-0.39, 0.29) is 5.48 Å². The van der Waals surface area contributed by atoms with Gasteiger partial charge in [-0.15, -0.1) is 0 Å². The fourth-order valence-corrected chi connectivity index (χ4v) is 2.48. The molecule has 118 valence electrons. The van der Waals surface area contributed by atoms with Gasteiger partial charge in [-0.05, 0) is 19.3 Å². The summed E-state index contributed by atoms with van der Waals surface area (Å²) in [5.74, 6) is 0. The smallest absolute Gasteiger partial charge is 0.0755 e. The first-order chi connectivity index (χ1) is 8.91. The molecular formula is C17H39NO. The third-order valence-electron chi connectivity index (χ3n) is 3.75. The van der Waals surface area contributed by atoms with Crippen LogP contribution in [-0.4, -0.2) is 18.6 Å². The van der Waals surface area contributed by atoms with Crippen LogP contribution in [0.1, 0.15) is 97.3 Å². The Morgan fingerprint density at radius 3 is 1.32 bits per heavy atom. The summed E-state index contributed by atoms with van der Waals surface area (Å²) in [4.78, 5) is 0. The van der Waals surface area contributed by atoms with Gasteiger partial charge < -0.3 is 10.8 Å². The average molecular weight is 274 g/mol. The Hall–Kier alpha value is -0.0800. The normalized spacial score (nSPS) is 10.4. The predicted molar refractivity (Wildman–Crippen MR) is 85.0 cm³/mol. The zero-order valence-electron chi connectivity index (χ0n) is 13.6. The molecule has 0 aromatic heterocycles. The van der Waals surface area contributed by atoms with E-state index >= 15 is 0 Å². The van der Waals surface area contributed by atoms with Gasteiger partial charge in [-0.3, -0.25) is 0 Å². The van der Waals surface area contributed by atoms with Gasteiger partial charge in [-0.25, -0.2) is 0 Å². The van der Waals surface area contributed by atoms with Crippen molar-refractivity contribution in [3.63, 3.8) is 0 Å². The van der Waals surface area contributed by atoms with E-state index in [9.17, 15) is 0 Å². The molecule has 0 aromatic rings. The van der Waals surface area contributed by atoms with E-state index in [1.54, 1.807) is 0 Å². The number of hydrogen-bond acceptors (Lipinski definition) is 1. The van der Waals surface area contributed by atoms with Gasteiger partial charge >= 0.3 is 0 Å². The summed E-state index contributed by atoms with van der Waals surface area (Å²) in [6.45, 7) is 7.22. The Kier molecular flexibility index (Phi) is 22.6. The van der Waals surface area contributed by atoms with Crippen molar-refractivity contribution >= 4 is 0 Å². The second kappa shape index (κ2) is 20.2. The van der Waals surface area contributed by atoms with Gasteiger partial charge in [0.1, 0.15) is 0 Å². The van der Waals surface area contributed by atoms with Crippen molar-refractivity contribution in [2.45, 2.75) is 97.3 Å². The minimum absolute atomic E-state index is 0. The Morgan fingerprint density at radius 2 is 0.895 bits per heavy atom. The molecule has 0 rings (SSSR count). The summed E-state index contributed by atoms with van der Waals surface area (Å²) in [6.07, 6.45) is 18.8. The van der Waals surface area contributed by atoms with Crippen molar-refractivity contribution in [1.82, 2.24) is 0 Å². The fourth-order valence-electron chi connectivity index (χ4n) is 2.48. The predicted octanol–water partition coefficient (Wildman–Crippen LogP) is 4.48. The standard InChI is InChI=1S/C17H37N.H2O/c1-3-5-6-7-8-9-10-11-12-13-14-15-17-18-16-4-2;/h18H,3-17H2,1-2H3;1H2. The number of quaternary nitrogens is 1. The Labute approximate surface area is 122 Å². The third-order valence-corrected chi connectivity index (χ3v) is 3.75. The molecule has 0 saturated carbocycles. The fraction of sp³-hybridized carbons (Fsp3) is 1.00. The van der Waals surface area contributed by atoms with Gasteiger partial charge in [0.05, 0.1) is 13.1 Å². The van der Waals surface area contributed by atoms with Crippen molar-refractivity contribution in [3.8, 4) is 0 Å². The molecule has 0 aliphatic carbocycles. The van der Waals surface area contributed by atoms with E-state index in [2.05, 4.69) is 19.2 Å². The minimum Gasteiger partial charge on any atom is -0.870 e. The molecule has 0 atom stereocenters. The zero-order valence-corrected chi connectivity index (χ0v) is 13.6. The molecule has 0 spiro atoms. The summed E-state index contributed by atoms with van der Waals surface area (Å²) < 4.78 is 0. The van der Waals surface area contributed by atoms with Crippen LogP contribution in [0, 0.1) is 0 Å². The van der Waals surface area contributed by atoms with Crippen molar-refractivity contribution in [2.24, 2.45) is 0 Å². The van der Waals surface area contributed by atoms with Crippen LogP contribution in [0.5, 0.6) is 0 Å². The van der Waals surface area contributed by atoms with Crippen LogP contribution < -0.4 is 5.32 Å². The number of rotatable bonds is 15. The number of nitrogens with two attached hydrogens (primary N) is 1. The third kappa shape index (κ3) is 20.4. The molecule has 0 aromatic carbocycles. The van der Waals surface area contributed by atoms with E-state index in [4.69, 9.17) is 0 Å². The Bertz CT molecular complexity index is 123. The van der Waals surface area contributed by atoms with Crippen molar-refractivity contribution in [2.75, 3.05) is 13.1 Å². The summed E-state index contributed by atoms with van der Waals surface area (Å²) in [5.41, 5.74) is 0. The summed E-state index contributed by atoms with van der Waals surface area (Å²) in [7, 11) is 0. The van der Waals surface area contributed by atoms with Gasteiger partial charge in [0.2, 0.25) is 0 Å². The molecule has 19 heavy (non-hydrogen) atoms. The van der Waals surface area contributed by atoms with Gasteiger partial charge in [-0.1, -0.05) is 78.1 Å².